The predicted octanol–water partition coefficient (Wildman–Crippen LogP) is 5.47. The van der Waals surface area contributed by atoms with E-state index >= 15 is 0 Å². The van der Waals surface area contributed by atoms with E-state index in [-0.39, 0.29) is 0 Å². The summed E-state index contributed by atoms with van der Waals surface area (Å²) in [4.78, 5) is 25.6. The van der Waals surface area contributed by atoms with Gasteiger partial charge in [0.1, 0.15) is 12.4 Å². The standard InChI is InChI=1S/C25H19BrN2O3/c1-17-22(25(30)28(27-17)24(29)19-7-3-2-4-8-19)15-20-9-5-6-10-23(20)31-16-18-11-13-21(26)14-12-18/h2-15H,16H2,1H3/b22-15+. The minimum Gasteiger partial charge on any atom is -0.488 e. The molecule has 3 aromatic rings. The third kappa shape index (κ3) is 4.64. The maximum absolute atomic E-state index is 12.9. The number of hydrogen-bond donors (Lipinski definition) is 0. The zero-order chi connectivity index (χ0) is 21.8. The van der Waals surface area contributed by atoms with Crippen LogP contribution in [-0.2, 0) is 11.4 Å². The first-order chi connectivity index (χ1) is 15.0. The fourth-order valence-electron chi connectivity index (χ4n) is 3.15. The molecule has 0 bridgehead atoms. The van der Waals surface area contributed by atoms with Crippen LogP contribution in [0.2, 0.25) is 0 Å². The largest absolute Gasteiger partial charge is 0.488 e. The van der Waals surface area contributed by atoms with Crippen LogP contribution in [0.1, 0.15) is 28.4 Å². The average Bonchev–Trinajstić information content (AvgIpc) is 3.08. The molecule has 31 heavy (non-hydrogen) atoms. The molecule has 0 radical (unpaired) electrons. The highest BCUT2D eigenvalue weighted by Crippen LogP contribution is 2.26. The number of hydrogen-bond acceptors (Lipinski definition) is 4. The summed E-state index contributed by atoms with van der Waals surface area (Å²) < 4.78 is 7.00. The van der Waals surface area contributed by atoms with Gasteiger partial charge in [0.25, 0.3) is 11.8 Å². The number of para-hydroxylation sites is 1. The summed E-state index contributed by atoms with van der Waals surface area (Å²) in [6, 6.07) is 24.0. The molecule has 6 heteroatoms. The molecule has 0 spiro atoms. The van der Waals surface area contributed by atoms with Crippen LogP contribution in [0.3, 0.4) is 0 Å². The summed E-state index contributed by atoms with van der Waals surface area (Å²) in [7, 11) is 0. The lowest BCUT2D eigenvalue weighted by Gasteiger charge is -2.11. The van der Waals surface area contributed by atoms with Gasteiger partial charge >= 0.3 is 0 Å². The van der Waals surface area contributed by atoms with Gasteiger partial charge in [0, 0.05) is 15.6 Å². The average molecular weight is 475 g/mol. The summed E-state index contributed by atoms with van der Waals surface area (Å²) in [5.74, 6) is -0.256. The van der Waals surface area contributed by atoms with Crippen molar-refractivity contribution in [2.24, 2.45) is 5.10 Å². The van der Waals surface area contributed by atoms with Gasteiger partial charge in [-0.05, 0) is 48.9 Å². The Bertz CT molecular complexity index is 1180. The van der Waals surface area contributed by atoms with Crippen LogP contribution in [-0.4, -0.2) is 22.5 Å². The molecule has 1 heterocycles. The lowest BCUT2D eigenvalue weighted by molar-refractivity contribution is -0.123. The molecule has 5 nitrogen and oxygen atoms in total. The Kier molecular flexibility index (Phi) is 6.09. The molecule has 0 aromatic heterocycles. The molecule has 2 amide bonds. The van der Waals surface area contributed by atoms with Crippen molar-refractivity contribution >= 4 is 39.5 Å². The fraction of sp³-hybridized carbons (Fsp3) is 0.0800. The van der Waals surface area contributed by atoms with Gasteiger partial charge in [0.15, 0.2) is 0 Å². The monoisotopic (exact) mass is 474 g/mol. The Labute approximate surface area is 188 Å². The van der Waals surface area contributed by atoms with Crippen LogP contribution in [0.4, 0.5) is 0 Å². The highest BCUT2D eigenvalue weighted by atomic mass is 79.9. The minimum absolute atomic E-state index is 0.365. The number of rotatable bonds is 5. The van der Waals surface area contributed by atoms with Gasteiger partial charge in [-0.3, -0.25) is 9.59 Å². The first-order valence-corrected chi connectivity index (χ1v) is 10.5. The Hall–Kier alpha value is -3.51. The van der Waals surface area contributed by atoms with Gasteiger partial charge in [0.2, 0.25) is 0 Å². The smallest absolute Gasteiger partial charge is 0.283 e. The van der Waals surface area contributed by atoms with Crippen LogP contribution >= 0.6 is 15.9 Å². The van der Waals surface area contributed by atoms with E-state index in [1.807, 2.05) is 54.6 Å². The Morgan fingerprint density at radius 2 is 1.68 bits per heavy atom. The molecule has 0 atom stereocenters. The summed E-state index contributed by atoms with van der Waals surface area (Å²) in [5, 5.41) is 5.11. The van der Waals surface area contributed by atoms with Crippen molar-refractivity contribution < 1.29 is 14.3 Å². The van der Waals surface area contributed by atoms with Crippen molar-refractivity contribution in [1.29, 1.82) is 0 Å². The molecule has 0 fully saturated rings. The van der Waals surface area contributed by atoms with Crippen molar-refractivity contribution in [2.75, 3.05) is 0 Å². The third-order valence-electron chi connectivity index (χ3n) is 4.80. The summed E-state index contributed by atoms with van der Waals surface area (Å²) in [6.45, 7) is 2.11. The topological polar surface area (TPSA) is 59.0 Å². The fourth-order valence-corrected chi connectivity index (χ4v) is 3.42. The number of amides is 2. The summed E-state index contributed by atoms with van der Waals surface area (Å²) >= 11 is 3.42. The van der Waals surface area contributed by atoms with E-state index in [0.29, 0.717) is 29.2 Å². The van der Waals surface area contributed by atoms with Gasteiger partial charge in [-0.1, -0.05) is 64.5 Å². The molecule has 0 unspecified atom stereocenters. The molecule has 3 aromatic carbocycles. The zero-order valence-electron chi connectivity index (χ0n) is 16.8. The number of ether oxygens (including phenoxy) is 1. The number of halogens is 1. The highest BCUT2D eigenvalue weighted by molar-refractivity contribution is 9.10. The van der Waals surface area contributed by atoms with Crippen LogP contribution < -0.4 is 4.74 Å². The second-order valence-electron chi connectivity index (χ2n) is 6.98. The maximum atomic E-state index is 12.9. The molecule has 0 aliphatic carbocycles. The lowest BCUT2D eigenvalue weighted by atomic mass is 10.1. The normalized spacial score (nSPS) is 14.6. The zero-order valence-corrected chi connectivity index (χ0v) is 18.4. The third-order valence-corrected chi connectivity index (χ3v) is 5.33. The van der Waals surface area contributed by atoms with Gasteiger partial charge in [-0.2, -0.15) is 10.1 Å². The molecule has 4 rings (SSSR count). The van der Waals surface area contributed by atoms with E-state index < -0.39 is 11.8 Å². The van der Waals surface area contributed by atoms with Crippen LogP contribution in [0, 0.1) is 0 Å². The number of benzene rings is 3. The van der Waals surface area contributed by atoms with Crippen molar-refractivity contribution in [3.63, 3.8) is 0 Å². The molecule has 0 N–H and O–H groups in total. The highest BCUT2D eigenvalue weighted by Gasteiger charge is 2.33. The van der Waals surface area contributed by atoms with Crippen molar-refractivity contribution in [3.05, 3.63) is 106 Å². The van der Waals surface area contributed by atoms with Crippen LogP contribution in [0.15, 0.2) is 94.0 Å². The van der Waals surface area contributed by atoms with Gasteiger partial charge < -0.3 is 4.74 Å². The number of carbonyl (C=O) groups excluding carboxylic acids is 2. The lowest BCUT2D eigenvalue weighted by Crippen LogP contribution is -2.29. The molecule has 154 valence electrons. The van der Waals surface area contributed by atoms with Gasteiger partial charge in [-0.25, -0.2) is 0 Å². The van der Waals surface area contributed by atoms with Crippen LogP contribution in [0.5, 0.6) is 5.75 Å². The summed E-state index contributed by atoms with van der Waals surface area (Å²) in [5.41, 5.74) is 3.03. The van der Waals surface area contributed by atoms with E-state index in [9.17, 15) is 9.59 Å². The molecular formula is C25H19BrN2O3. The quantitative estimate of drug-likeness (QED) is 0.363. The Balaban J connectivity index is 1.56. The summed E-state index contributed by atoms with van der Waals surface area (Å²) in [6.07, 6.45) is 1.72. The van der Waals surface area contributed by atoms with E-state index in [2.05, 4.69) is 21.0 Å². The van der Waals surface area contributed by atoms with Gasteiger partial charge in [-0.15, -0.1) is 0 Å². The Morgan fingerprint density at radius 1 is 1.00 bits per heavy atom. The van der Waals surface area contributed by atoms with E-state index in [4.69, 9.17) is 4.74 Å². The van der Waals surface area contributed by atoms with E-state index in [1.54, 1.807) is 37.3 Å². The molecule has 1 aliphatic heterocycles. The van der Waals surface area contributed by atoms with Crippen molar-refractivity contribution in [1.82, 2.24) is 5.01 Å². The van der Waals surface area contributed by atoms with E-state index in [0.717, 1.165) is 20.6 Å². The Morgan fingerprint density at radius 3 is 2.42 bits per heavy atom. The van der Waals surface area contributed by atoms with Gasteiger partial charge in [0.05, 0.1) is 11.3 Å². The second-order valence-corrected chi connectivity index (χ2v) is 7.90. The van der Waals surface area contributed by atoms with Crippen molar-refractivity contribution in [2.45, 2.75) is 13.5 Å². The molecule has 0 saturated carbocycles. The maximum Gasteiger partial charge on any atom is 0.283 e. The number of hydrazone groups is 1. The first-order valence-electron chi connectivity index (χ1n) is 9.70. The van der Waals surface area contributed by atoms with E-state index in [1.165, 1.54) is 0 Å². The minimum atomic E-state index is -0.451. The molecule has 1 aliphatic rings. The number of imide groups is 1. The first kappa shape index (κ1) is 20.8. The molecule has 0 saturated heterocycles. The SMILES string of the molecule is CC1=NN(C(=O)c2ccccc2)C(=O)/C1=C/c1ccccc1OCc1ccc(Br)cc1. The second kappa shape index (κ2) is 9.10. The number of carbonyl (C=O) groups is 2. The number of nitrogens with zero attached hydrogens (tertiary/aromatic N) is 2. The predicted molar refractivity (Wildman–Crippen MR) is 124 cm³/mol. The van der Waals surface area contributed by atoms with Crippen molar-refractivity contribution in [3.8, 4) is 5.75 Å². The van der Waals surface area contributed by atoms with Crippen LogP contribution in [0.25, 0.3) is 6.08 Å². The molecular weight excluding hydrogens is 456 g/mol.